The summed E-state index contributed by atoms with van der Waals surface area (Å²) >= 11 is 5.16. The number of amides is 1. The van der Waals surface area contributed by atoms with Crippen LogP contribution in [0.3, 0.4) is 0 Å². The lowest BCUT2D eigenvalue weighted by Crippen LogP contribution is -2.30. The lowest BCUT2D eigenvalue weighted by Gasteiger charge is -2.05. The van der Waals surface area contributed by atoms with Gasteiger partial charge in [-0.2, -0.15) is 17.7 Å². The van der Waals surface area contributed by atoms with Crippen LogP contribution in [0.4, 0.5) is 14.5 Å². The van der Waals surface area contributed by atoms with E-state index in [0.29, 0.717) is 33.1 Å². The molecule has 1 amide bonds. The minimum Gasteiger partial charge on any atom is -0.319 e. The Labute approximate surface area is 188 Å². The molecular formula is C23H20F2N3OS2+. The molecule has 4 aromatic rings. The van der Waals surface area contributed by atoms with E-state index in [1.165, 1.54) is 5.56 Å². The molecule has 0 saturated carbocycles. The minimum absolute atomic E-state index is 0.344. The summed E-state index contributed by atoms with van der Waals surface area (Å²) in [4.78, 5) is 13.6. The van der Waals surface area contributed by atoms with Crippen LogP contribution >= 0.6 is 24.4 Å². The highest BCUT2D eigenvalue weighted by molar-refractivity contribution is 7.99. The van der Waals surface area contributed by atoms with Gasteiger partial charge in [0.05, 0.1) is 6.20 Å². The first-order valence-corrected chi connectivity index (χ1v) is 10.9. The van der Waals surface area contributed by atoms with E-state index in [2.05, 4.69) is 11.4 Å². The Morgan fingerprint density at radius 1 is 1.06 bits per heavy atom. The van der Waals surface area contributed by atoms with Crippen molar-refractivity contribution >= 4 is 41.6 Å². The third-order valence-corrected chi connectivity index (χ3v) is 6.17. The number of halogens is 2. The van der Waals surface area contributed by atoms with E-state index in [1.807, 2.05) is 54.9 Å². The molecule has 1 N–H and O–H groups in total. The van der Waals surface area contributed by atoms with Crippen molar-refractivity contribution in [2.45, 2.75) is 29.5 Å². The average Bonchev–Trinajstić information content (AvgIpc) is 3.03. The van der Waals surface area contributed by atoms with Crippen molar-refractivity contribution < 1.29 is 18.0 Å². The van der Waals surface area contributed by atoms with Crippen molar-refractivity contribution in [3.05, 3.63) is 83.7 Å². The topological polar surface area (TPSA) is 38.1 Å². The number of pyridine rings is 1. The number of carbonyl (C=O) groups excluding carboxylic acids is 1. The number of nitrogens with one attached hydrogen (secondary N) is 1. The van der Waals surface area contributed by atoms with Gasteiger partial charge in [-0.05, 0) is 67.4 Å². The summed E-state index contributed by atoms with van der Waals surface area (Å²) in [5.41, 5.74) is 4.91. The predicted octanol–water partition coefficient (Wildman–Crippen LogP) is 5.69. The molecule has 4 nitrogen and oxygen atoms in total. The van der Waals surface area contributed by atoms with Crippen LogP contribution in [0.1, 0.15) is 21.6 Å². The molecule has 8 heteroatoms. The van der Waals surface area contributed by atoms with E-state index in [0.717, 1.165) is 16.9 Å². The second kappa shape index (κ2) is 8.72. The number of hydrogen-bond donors (Lipinski definition) is 2. The molecule has 0 atom stereocenters. The molecule has 0 saturated heterocycles. The van der Waals surface area contributed by atoms with E-state index in [4.69, 9.17) is 12.6 Å². The number of thiol groups is 1. The fourth-order valence-electron chi connectivity index (χ4n) is 3.37. The first-order chi connectivity index (χ1) is 14.8. The van der Waals surface area contributed by atoms with Crippen molar-refractivity contribution in [3.63, 3.8) is 0 Å². The number of benzene rings is 2. The maximum absolute atomic E-state index is 13.2. The number of hydrogen-bond acceptors (Lipinski definition) is 3. The molecule has 0 aliphatic carbocycles. The van der Waals surface area contributed by atoms with Crippen molar-refractivity contribution in [3.8, 4) is 5.69 Å². The third kappa shape index (κ3) is 4.31. The van der Waals surface area contributed by atoms with Gasteiger partial charge in [-0.3, -0.25) is 4.79 Å². The van der Waals surface area contributed by atoms with Crippen LogP contribution in [0.15, 0.2) is 76.8 Å². The smallest absolute Gasteiger partial charge is 0.301 e. The molecule has 0 spiro atoms. The Bertz CT molecular complexity index is 1270. The molecule has 158 valence electrons. The van der Waals surface area contributed by atoms with Gasteiger partial charge in [-0.1, -0.05) is 36.5 Å². The summed E-state index contributed by atoms with van der Waals surface area (Å²) in [7, 11) is 0. The lowest BCUT2D eigenvalue weighted by atomic mass is 10.1. The monoisotopic (exact) mass is 456 g/mol. The Morgan fingerprint density at radius 2 is 1.81 bits per heavy atom. The molecule has 0 bridgehead atoms. The number of rotatable bonds is 5. The quantitative estimate of drug-likeness (QED) is 0.230. The summed E-state index contributed by atoms with van der Waals surface area (Å²) < 4.78 is 28.7. The number of fused-ring (bicyclic) bond motifs is 1. The zero-order valence-corrected chi connectivity index (χ0v) is 18.6. The van der Waals surface area contributed by atoms with Crippen molar-refractivity contribution in [1.82, 2.24) is 4.57 Å². The van der Waals surface area contributed by atoms with Gasteiger partial charge in [0.2, 0.25) is 5.03 Å². The third-order valence-electron chi connectivity index (χ3n) is 5.03. The van der Waals surface area contributed by atoms with E-state index in [-0.39, 0.29) is 5.91 Å². The Kier molecular flexibility index (Phi) is 6.02. The van der Waals surface area contributed by atoms with Crippen LogP contribution in [0.25, 0.3) is 11.3 Å². The highest BCUT2D eigenvalue weighted by Gasteiger charge is 2.29. The SMILES string of the molecule is Cc1ccc(-n2c(S)c(C(=O)Nc3ccc(SC(F)F)cc3)[n+]3ccccc23)cc1C. The van der Waals surface area contributed by atoms with Crippen LogP contribution < -0.4 is 9.72 Å². The highest BCUT2D eigenvalue weighted by atomic mass is 32.2. The molecule has 0 aliphatic rings. The first kappa shape index (κ1) is 21.4. The van der Waals surface area contributed by atoms with Crippen LogP contribution in [-0.4, -0.2) is 16.2 Å². The number of nitrogens with zero attached hydrogens (tertiary/aromatic N) is 2. The fraction of sp³-hybridized carbons (Fsp3) is 0.130. The van der Waals surface area contributed by atoms with Crippen molar-refractivity contribution in [2.75, 3.05) is 5.32 Å². The average molecular weight is 457 g/mol. The normalized spacial score (nSPS) is 11.3. The van der Waals surface area contributed by atoms with Gasteiger partial charge in [0.25, 0.3) is 17.1 Å². The molecule has 2 aromatic carbocycles. The second-order valence-electron chi connectivity index (χ2n) is 7.06. The Morgan fingerprint density at radius 3 is 2.48 bits per heavy atom. The van der Waals surface area contributed by atoms with Crippen molar-refractivity contribution in [1.29, 1.82) is 0 Å². The zero-order chi connectivity index (χ0) is 22.1. The molecule has 0 unspecified atom stereocenters. The van der Waals surface area contributed by atoms with Gasteiger partial charge >= 0.3 is 5.91 Å². The summed E-state index contributed by atoms with van der Waals surface area (Å²) in [6, 6.07) is 18.1. The van der Waals surface area contributed by atoms with Gasteiger partial charge in [-0.15, -0.1) is 0 Å². The highest BCUT2D eigenvalue weighted by Crippen LogP contribution is 2.27. The van der Waals surface area contributed by atoms with E-state index >= 15 is 0 Å². The molecule has 4 rings (SSSR count). The molecule has 2 aromatic heterocycles. The van der Waals surface area contributed by atoms with E-state index in [1.54, 1.807) is 28.7 Å². The Balaban J connectivity index is 1.73. The van der Waals surface area contributed by atoms with Crippen LogP contribution in [0.5, 0.6) is 0 Å². The van der Waals surface area contributed by atoms with Crippen LogP contribution in [-0.2, 0) is 0 Å². The number of thioether (sulfide) groups is 1. The van der Waals surface area contributed by atoms with Crippen LogP contribution in [0, 0.1) is 13.8 Å². The Hall–Kier alpha value is -2.84. The molecule has 0 radical (unpaired) electrons. The van der Waals surface area contributed by atoms with Gasteiger partial charge in [0.15, 0.2) is 0 Å². The predicted molar refractivity (Wildman–Crippen MR) is 122 cm³/mol. The zero-order valence-electron chi connectivity index (χ0n) is 16.8. The first-order valence-electron chi connectivity index (χ1n) is 9.53. The molecular weight excluding hydrogens is 436 g/mol. The number of carbonyl (C=O) groups is 1. The molecule has 0 fully saturated rings. The number of anilines is 1. The fourth-order valence-corrected chi connectivity index (χ4v) is 4.29. The molecule has 2 heterocycles. The molecule has 0 aliphatic heterocycles. The maximum Gasteiger partial charge on any atom is 0.301 e. The standard InChI is InChI=1S/C23H19F2N3OS2/c1-14-6-9-17(13-15(14)2)28-19-5-3-4-12-27(19)20(22(28)30)21(29)26-16-7-10-18(11-8-16)31-23(24)25/h3-13,23H,1-2H3,(H-,26,29,30)/p+1. The van der Waals surface area contributed by atoms with Crippen LogP contribution in [0.2, 0.25) is 0 Å². The largest absolute Gasteiger partial charge is 0.319 e. The summed E-state index contributed by atoms with van der Waals surface area (Å²) in [6.45, 7) is 4.09. The summed E-state index contributed by atoms with van der Waals surface area (Å²) in [6.07, 6.45) is 1.81. The van der Waals surface area contributed by atoms with E-state index < -0.39 is 5.76 Å². The lowest BCUT2D eigenvalue weighted by molar-refractivity contribution is -0.514. The number of aryl methyl sites for hydroxylation is 2. The van der Waals surface area contributed by atoms with E-state index in [9.17, 15) is 13.6 Å². The minimum atomic E-state index is -2.49. The maximum atomic E-state index is 13.2. The van der Waals surface area contributed by atoms with Crippen molar-refractivity contribution in [2.24, 2.45) is 0 Å². The van der Waals surface area contributed by atoms with Gasteiger partial charge < -0.3 is 5.32 Å². The van der Waals surface area contributed by atoms with Gasteiger partial charge in [0.1, 0.15) is 5.69 Å². The number of alkyl halides is 2. The summed E-state index contributed by atoms with van der Waals surface area (Å²) in [5, 5.41) is 3.34. The van der Waals surface area contributed by atoms with Gasteiger partial charge in [-0.25, -0.2) is 0 Å². The summed E-state index contributed by atoms with van der Waals surface area (Å²) in [5.74, 6) is -2.83. The molecule has 31 heavy (non-hydrogen) atoms. The number of imidazole rings is 1. The second-order valence-corrected chi connectivity index (χ2v) is 8.55. The van der Waals surface area contributed by atoms with Gasteiger partial charge in [0, 0.05) is 16.6 Å². The number of aromatic nitrogens is 2.